The van der Waals surface area contributed by atoms with Gasteiger partial charge in [0.25, 0.3) is 0 Å². The smallest absolute Gasteiger partial charge is 0.475 e. The Balaban J connectivity index is 0.000000345. The van der Waals surface area contributed by atoms with Crippen molar-refractivity contribution in [2.45, 2.75) is 26.6 Å². The first-order valence-corrected chi connectivity index (χ1v) is 7.60. The molecule has 3 aromatic rings. The number of halogens is 3. The molecule has 3 aromatic heterocycles. The maximum absolute atomic E-state index is 11.0. The third kappa shape index (κ3) is 5.39. The summed E-state index contributed by atoms with van der Waals surface area (Å²) in [5, 5.41) is 20.6. The molecule has 0 bridgehead atoms. The van der Waals surface area contributed by atoms with Gasteiger partial charge in [-0.05, 0) is 19.9 Å². The van der Waals surface area contributed by atoms with E-state index in [4.69, 9.17) is 9.90 Å². The van der Waals surface area contributed by atoms with Crippen LogP contribution in [0.1, 0.15) is 17.2 Å². The topological polar surface area (TPSA) is 154 Å². The monoisotopic (exact) mass is 400 g/mol. The van der Waals surface area contributed by atoms with E-state index in [1.165, 1.54) is 0 Å². The third-order valence-corrected chi connectivity index (χ3v) is 3.17. The first kappa shape index (κ1) is 20.6. The molecule has 0 aliphatic carbocycles. The van der Waals surface area contributed by atoms with E-state index in [9.17, 15) is 18.0 Å². The van der Waals surface area contributed by atoms with Crippen molar-refractivity contribution in [3.8, 4) is 5.82 Å². The van der Waals surface area contributed by atoms with Crippen LogP contribution in [0.4, 0.5) is 19.0 Å². The lowest BCUT2D eigenvalue weighted by Crippen LogP contribution is -2.21. The number of anilines is 1. The minimum atomic E-state index is -5.08. The van der Waals surface area contributed by atoms with E-state index in [1.54, 1.807) is 10.9 Å². The molecule has 0 aliphatic heterocycles. The number of hydrogen-bond acceptors (Lipinski definition) is 7. The van der Waals surface area contributed by atoms with E-state index in [1.807, 2.05) is 26.1 Å². The number of carboxylic acid groups (broad SMARTS) is 1. The molecule has 0 aliphatic rings. The first-order chi connectivity index (χ1) is 13.1. The second kappa shape index (κ2) is 8.32. The molecule has 0 saturated carbocycles. The fourth-order valence-electron chi connectivity index (χ4n) is 1.96. The van der Waals surface area contributed by atoms with E-state index in [2.05, 4.69) is 35.6 Å². The Bertz CT molecular complexity index is 994. The van der Waals surface area contributed by atoms with Crippen LogP contribution in [-0.4, -0.2) is 52.2 Å². The molecule has 0 spiro atoms. The maximum atomic E-state index is 11.0. The second-order valence-corrected chi connectivity index (χ2v) is 5.30. The predicted octanol–water partition coefficient (Wildman–Crippen LogP) is 0.936. The maximum Gasteiger partial charge on any atom is 0.490 e. The number of nitrogens with one attached hydrogen (secondary N) is 3. The number of nitrogens with zero attached hydrogens (tertiary/aromatic N) is 5. The molecule has 0 atom stereocenters. The van der Waals surface area contributed by atoms with Gasteiger partial charge in [0.15, 0.2) is 5.82 Å². The Morgan fingerprint density at radius 1 is 1.32 bits per heavy atom. The molecular weight excluding hydrogens is 385 g/mol. The molecular formula is C14H15F3N8O3. The van der Waals surface area contributed by atoms with Gasteiger partial charge >= 0.3 is 17.8 Å². The van der Waals surface area contributed by atoms with Crippen LogP contribution >= 0.6 is 0 Å². The molecule has 4 N–H and O–H groups in total. The third-order valence-electron chi connectivity index (χ3n) is 3.17. The quantitative estimate of drug-likeness (QED) is 0.504. The van der Waals surface area contributed by atoms with Crippen molar-refractivity contribution in [3.63, 3.8) is 0 Å². The van der Waals surface area contributed by atoms with Crippen molar-refractivity contribution < 1.29 is 23.1 Å². The van der Waals surface area contributed by atoms with Crippen molar-refractivity contribution in [3.05, 3.63) is 46.2 Å². The van der Waals surface area contributed by atoms with Crippen molar-refractivity contribution in [1.29, 1.82) is 0 Å². The summed E-state index contributed by atoms with van der Waals surface area (Å²) in [5.41, 5.74) is 0.529. The molecule has 0 amide bonds. The summed E-state index contributed by atoms with van der Waals surface area (Å²) in [4.78, 5) is 31.2. The van der Waals surface area contributed by atoms with Gasteiger partial charge in [0.05, 0.1) is 6.54 Å². The molecule has 28 heavy (non-hydrogen) atoms. The van der Waals surface area contributed by atoms with Gasteiger partial charge in [-0.25, -0.2) is 29.3 Å². The van der Waals surface area contributed by atoms with E-state index < -0.39 is 12.1 Å². The van der Waals surface area contributed by atoms with Crippen LogP contribution in [0.3, 0.4) is 0 Å². The lowest BCUT2D eigenvalue weighted by molar-refractivity contribution is -0.192. The van der Waals surface area contributed by atoms with Crippen molar-refractivity contribution >= 4 is 11.8 Å². The summed E-state index contributed by atoms with van der Waals surface area (Å²) in [6.45, 7) is 4.08. The summed E-state index contributed by atoms with van der Waals surface area (Å²) in [6.07, 6.45) is -1.57. The van der Waals surface area contributed by atoms with Gasteiger partial charge in [-0.2, -0.15) is 23.4 Å². The largest absolute Gasteiger partial charge is 0.490 e. The highest BCUT2D eigenvalue weighted by atomic mass is 19.4. The normalized spacial score (nSPS) is 10.9. The zero-order valence-electron chi connectivity index (χ0n) is 14.6. The zero-order valence-corrected chi connectivity index (χ0v) is 14.6. The highest BCUT2D eigenvalue weighted by Gasteiger charge is 2.38. The molecule has 11 nitrogen and oxygen atoms in total. The summed E-state index contributed by atoms with van der Waals surface area (Å²) >= 11 is 0. The number of H-pyrrole nitrogens is 2. The van der Waals surface area contributed by atoms with Gasteiger partial charge in [0, 0.05) is 18.0 Å². The number of aryl methyl sites for hydroxylation is 1. The number of aromatic amines is 2. The number of aromatic nitrogens is 7. The van der Waals surface area contributed by atoms with Crippen molar-refractivity contribution in [2.24, 2.45) is 0 Å². The average molecular weight is 400 g/mol. The fourth-order valence-corrected chi connectivity index (χ4v) is 1.96. The Morgan fingerprint density at radius 3 is 2.50 bits per heavy atom. The lowest BCUT2D eigenvalue weighted by atomic mass is 10.3. The molecule has 0 fully saturated rings. The molecule has 0 unspecified atom stereocenters. The zero-order chi connectivity index (χ0) is 20.9. The molecule has 3 heterocycles. The summed E-state index contributed by atoms with van der Waals surface area (Å²) < 4.78 is 33.4. The van der Waals surface area contributed by atoms with E-state index in [0.717, 1.165) is 5.56 Å². The molecule has 0 aromatic carbocycles. The van der Waals surface area contributed by atoms with Crippen LogP contribution in [0.2, 0.25) is 0 Å². The Morgan fingerprint density at radius 2 is 2.00 bits per heavy atom. The number of carboxylic acids is 1. The van der Waals surface area contributed by atoms with Gasteiger partial charge in [-0.1, -0.05) is 0 Å². The van der Waals surface area contributed by atoms with Crippen LogP contribution in [0.15, 0.2) is 23.3 Å². The fraction of sp³-hybridized carbons (Fsp3) is 0.286. The summed E-state index contributed by atoms with van der Waals surface area (Å²) in [7, 11) is 0. The molecule has 0 saturated heterocycles. The van der Waals surface area contributed by atoms with Crippen LogP contribution in [0, 0.1) is 13.8 Å². The Labute approximate surface area is 154 Å². The Hall–Kier alpha value is -3.71. The van der Waals surface area contributed by atoms with Crippen molar-refractivity contribution in [2.75, 3.05) is 5.32 Å². The number of rotatable bonds is 4. The molecule has 3 rings (SSSR count). The number of carbonyl (C=O) groups is 1. The highest BCUT2D eigenvalue weighted by molar-refractivity contribution is 5.73. The molecule has 14 heteroatoms. The van der Waals surface area contributed by atoms with E-state index in [0.29, 0.717) is 29.8 Å². The number of alkyl halides is 3. The SMILES string of the molecule is Cc1nc(NCc2n[nH]c(=O)[nH]2)c(C)c(-n2cccn2)n1.O=C(O)C(F)(F)F. The van der Waals surface area contributed by atoms with Crippen LogP contribution < -0.4 is 11.0 Å². The lowest BCUT2D eigenvalue weighted by Gasteiger charge is -2.12. The molecule has 150 valence electrons. The van der Waals surface area contributed by atoms with Gasteiger partial charge in [-0.3, -0.25) is 4.98 Å². The van der Waals surface area contributed by atoms with Gasteiger partial charge in [0.1, 0.15) is 17.5 Å². The number of aliphatic carboxylic acids is 1. The second-order valence-electron chi connectivity index (χ2n) is 5.30. The first-order valence-electron chi connectivity index (χ1n) is 7.60. The summed E-state index contributed by atoms with van der Waals surface area (Å²) in [5.74, 6) is -0.227. The van der Waals surface area contributed by atoms with Crippen LogP contribution in [0.25, 0.3) is 5.82 Å². The van der Waals surface area contributed by atoms with Crippen LogP contribution in [-0.2, 0) is 11.3 Å². The highest BCUT2D eigenvalue weighted by Crippen LogP contribution is 2.18. The van der Waals surface area contributed by atoms with E-state index >= 15 is 0 Å². The van der Waals surface area contributed by atoms with Gasteiger partial charge in [-0.15, -0.1) is 0 Å². The average Bonchev–Trinajstić information content (AvgIpc) is 3.26. The van der Waals surface area contributed by atoms with Gasteiger partial charge < -0.3 is 10.4 Å². The molecule has 0 radical (unpaired) electrons. The van der Waals surface area contributed by atoms with Gasteiger partial charge in [0.2, 0.25) is 0 Å². The van der Waals surface area contributed by atoms with Crippen LogP contribution in [0.5, 0.6) is 0 Å². The Kier molecular flexibility index (Phi) is 6.12. The standard InChI is InChI=1S/C12H14N8O.C2HF3O2/c1-7-10(13-6-9-17-12(21)19-18-9)15-8(2)16-11(7)20-5-3-4-14-20;3-2(4,5)1(6)7/h3-5H,6H2,1-2H3,(H,13,15,16)(H2,17,18,19,21);(H,6,7). The van der Waals surface area contributed by atoms with E-state index in [-0.39, 0.29) is 5.69 Å². The minimum absolute atomic E-state index is 0.334. The summed E-state index contributed by atoms with van der Waals surface area (Å²) in [6, 6.07) is 1.83. The predicted molar refractivity (Wildman–Crippen MR) is 88.9 cm³/mol. The number of hydrogen-bond donors (Lipinski definition) is 4. The van der Waals surface area contributed by atoms with Crippen molar-refractivity contribution in [1.82, 2.24) is 34.9 Å². The minimum Gasteiger partial charge on any atom is -0.475 e.